The number of nitrogens with one attached hydrogen (secondary N) is 1. The summed E-state index contributed by atoms with van der Waals surface area (Å²) in [6, 6.07) is 22.8. The van der Waals surface area contributed by atoms with Crippen LogP contribution in [0.25, 0.3) is 0 Å². The summed E-state index contributed by atoms with van der Waals surface area (Å²) in [4.78, 5) is 13.0. The van der Waals surface area contributed by atoms with Gasteiger partial charge in [0, 0.05) is 5.56 Å². The van der Waals surface area contributed by atoms with Gasteiger partial charge in [-0.05, 0) is 55.3 Å². The minimum Gasteiger partial charge on any atom is -0.345 e. The summed E-state index contributed by atoms with van der Waals surface area (Å²) in [5.41, 5.74) is 3.15. The number of sulfonamides is 1. The maximum atomic E-state index is 13.1. The van der Waals surface area contributed by atoms with Crippen LogP contribution in [-0.2, 0) is 10.0 Å². The molecule has 3 aromatic carbocycles. The van der Waals surface area contributed by atoms with Crippen molar-refractivity contribution in [2.24, 2.45) is 0 Å². The van der Waals surface area contributed by atoms with E-state index in [1.807, 2.05) is 38.1 Å². The molecule has 32 heavy (non-hydrogen) atoms. The Kier molecular flexibility index (Phi) is 7.49. The molecule has 0 aliphatic heterocycles. The number of amides is 1. The Morgan fingerprint density at radius 1 is 1.00 bits per heavy atom. The van der Waals surface area contributed by atoms with Crippen LogP contribution >= 0.6 is 0 Å². The number of anilines is 1. The van der Waals surface area contributed by atoms with E-state index in [0.29, 0.717) is 11.3 Å². The second-order valence-electron chi connectivity index (χ2n) is 7.53. The van der Waals surface area contributed by atoms with Crippen molar-refractivity contribution in [2.75, 3.05) is 10.8 Å². The second-order valence-corrected chi connectivity index (χ2v) is 9.39. The molecule has 0 unspecified atom stereocenters. The Hall–Kier alpha value is -3.38. The van der Waals surface area contributed by atoms with Crippen LogP contribution < -0.4 is 9.62 Å². The van der Waals surface area contributed by atoms with Gasteiger partial charge < -0.3 is 5.32 Å². The number of benzene rings is 3. The summed E-state index contributed by atoms with van der Waals surface area (Å²) in [5.74, 6) is -0.204. The van der Waals surface area contributed by atoms with Crippen LogP contribution in [0.15, 0.2) is 96.4 Å². The lowest BCUT2D eigenvalue weighted by Gasteiger charge is -2.23. The molecule has 0 aromatic heterocycles. The third kappa shape index (κ3) is 5.26. The molecule has 5 nitrogen and oxygen atoms in total. The van der Waals surface area contributed by atoms with Crippen LogP contribution in [0.4, 0.5) is 5.69 Å². The SMILES string of the molecule is C=CCN(c1ccc(C(=O)N[C@H](CC)c2ccc(C)cc2)cc1)S(=O)(=O)c1ccccc1. The third-order valence-corrected chi connectivity index (χ3v) is 7.04. The monoisotopic (exact) mass is 448 g/mol. The summed E-state index contributed by atoms with van der Waals surface area (Å²) in [6.45, 7) is 7.85. The first-order valence-corrected chi connectivity index (χ1v) is 12.0. The zero-order chi connectivity index (χ0) is 23.1. The number of hydrogen-bond donors (Lipinski definition) is 1. The molecule has 0 fully saturated rings. The van der Waals surface area contributed by atoms with Crippen LogP contribution in [0.1, 0.15) is 40.9 Å². The highest BCUT2D eigenvalue weighted by Crippen LogP contribution is 2.24. The minimum absolute atomic E-state index is 0.0986. The summed E-state index contributed by atoms with van der Waals surface area (Å²) in [7, 11) is -3.75. The Labute approximate surface area is 190 Å². The molecule has 0 heterocycles. The lowest BCUT2D eigenvalue weighted by Crippen LogP contribution is -2.31. The van der Waals surface area contributed by atoms with E-state index in [4.69, 9.17) is 0 Å². The largest absolute Gasteiger partial charge is 0.345 e. The summed E-state index contributed by atoms with van der Waals surface area (Å²) in [5, 5.41) is 3.06. The quantitative estimate of drug-likeness (QED) is 0.454. The first-order valence-electron chi connectivity index (χ1n) is 10.5. The van der Waals surface area contributed by atoms with E-state index in [9.17, 15) is 13.2 Å². The zero-order valence-corrected chi connectivity index (χ0v) is 19.2. The molecule has 0 aliphatic rings. The molecular weight excluding hydrogens is 420 g/mol. The molecule has 1 N–H and O–H groups in total. The number of nitrogens with zero attached hydrogens (tertiary/aromatic N) is 1. The molecule has 6 heteroatoms. The van der Waals surface area contributed by atoms with E-state index >= 15 is 0 Å². The number of rotatable bonds is 9. The van der Waals surface area contributed by atoms with Crippen molar-refractivity contribution in [3.63, 3.8) is 0 Å². The molecule has 0 spiro atoms. The minimum atomic E-state index is -3.75. The number of carbonyl (C=O) groups excluding carboxylic acids is 1. The van der Waals surface area contributed by atoms with Crippen molar-refractivity contribution in [3.05, 3.63) is 108 Å². The van der Waals surface area contributed by atoms with Gasteiger partial charge in [0.25, 0.3) is 15.9 Å². The zero-order valence-electron chi connectivity index (χ0n) is 18.4. The number of aryl methyl sites for hydroxylation is 1. The van der Waals surface area contributed by atoms with E-state index in [0.717, 1.165) is 12.0 Å². The van der Waals surface area contributed by atoms with Crippen LogP contribution in [0.2, 0.25) is 0 Å². The highest BCUT2D eigenvalue weighted by Gasteiger charge is 2.24. The van der Waals surface area contributed by atoms with Gasteiger partial charge in [-0.2, -0.15) is 0 Å². The van der Waals surface area contributed by atoms with Gasteiger partial charge >= 0.3 is 0 Å². The molecule has 1 amide bonds. The van der Waals surface area contributed by atoms with E-state index in [1.165, 1.54) is 15.9 Å². The Morgan fingerprint density at radius 3 is 2.19 bits per heavy atom. The first-order chi connectivity index (χ1) is 15.4. The molecule has 0 saturated carbocycles. The van der Waals surface area contributed by atoms with Gasteiger partial charge in [-0.1, -0.05) is 61.0 Å². The predicted octanol–water partition coefficient (Wildman–Crippen LogP) is 5.26. The van der Waals surface area contributed by atoms with Crippen molar-refractivity contribution in [3.8, 4) is 0 Å². The molecule has 3 aromatic rings. The van der Waals surface area contributed by atoms with Crippen LogP contribution in [0.5, 0.6) is 0 Å². The van der Waals surface area contributed by atoms with Gasteiger partial charge in [-0.15, -0.1) is 6.58 Å². The first kappa shape index (κ1) is 23.3. The highest BCUT2D eigenvalue weighted by atomic mass is 32.2. The Bertz CT molecular complexity index is 1160. The maximum Gasteiger partial charge on any atom is 0.264 e. The van der Waals surface area contributed by atoms with Gasteiger partial charge in [0.15, 0.2) is 0 Å². The summed E-state index contributed by atoms with van der Waals surface area (Å²) >= 11 is 0. The molecule has 3 rings (SSSR count). The standard InChI is InChI=1S/C26H28N2O3S/c1-4-19-28(32(30,31)24-9-7-6-8-10-24)23-17-15-22(16-18-23)26(29)27-25(5-2)21-13-11-20(3)12-14-21/h4,6-18,25H,1,5,19H2,2-3H3,(H,27,29)/t25-/m1/s1. The van der Waals surface area contributed by atoms with Gasteiger partial charge in [-0.3, -0.25) is 9.10 Å². The lowest BCUT2D eigenvalue weighted by molar-refractivity contribution is 0.0935. The van der Waals surface area contributed by atoms with Crippen molar-refractivity contribution >= 4 is 21.6 Å². The second kappa shape index (κ2) is 10.3. The highest BCUT2D eigenvalue weighted by molar-refractivity contribution is 7.92. The molecule has 1 atom stereocenters. The van der Waals surface area contributed by atoms with Crippen LogP contribution in [-0.4, -0.2) is 20.9 Å². The van der Waals surface area contributed by atoms with E-state index in [2.05, 4.69) is 11.9 Å². The van der Waals surface area contributed by atoms with E-state index < -0.39 is 10.0 Å². The van der Waals surface area contributed by atoms with Crippen molar-refractivity contribution in [2.45, 2.75) is 31.2 Å². The molecule has 0 saturated heterocycles. The van der Waals surface area contributed by atoms with E-state index in [-0.39, 0.29) is 23.4 Å². The molecule has 0 aliphatic carbocycles. The summed E-state index contributed by atoms with van der Waals surface area (Å²) in [6.07, 6.45) is 2.30. The average Bonchev–Trinajstić information content (AvgIpc) is 2.82. The Morgan fingerprint density at radius 2 is 1.62 bits per heavy atom. The molecular formula is C26H28N2O3S. The number of hydrogen-bond acceptors (Lipinski definition) is 3. The van der Waals surface area contributed by atoms with E-state index in [1.54, 1.807) is 54.6 Å². The molecule has 0 bridgehead atoms. The predicted molar refractivity (Wildman–Crippen MR) is 129 cm³/mol. The van der Waals surface area contributed by atoms with Gasteiger partial charge in [0.05, 0.1) is 23.2 Å². The maximum absolute atomic E-state index is 13.1. The normalized spacial score (nSPS) is 12.1. The molecule has 166 valence electrons. The topological polar surface area (TPSA) is 66.5 Å². The van der Waals surface area contributed by atoms with Gasteiger partial charge in [-0.25, -0.2) is 8.42 Å². The van der Waals surface area contributed by atoms with Crippen LogP contribution in [0.3, 0.4) is 0 Å². The summed E-state index contributed by atoms with van der Waals surface area (Å²) < 4.78 is 27.5. The fourth-order valence-electron chi connectivity index (χ4n) is 3.42. The van der Waals surface area contributed by atoms with Gasteiger partial charge in [0.1, 0.15) is 0 Å². The fraction of sp³-hybridized carbons (Fsp3) is 0.192. The van der Waals surface area contributed by atoms with Crippen molar-refractivity contribution in [1.82, 2.24) is 5.32 Å². The van der Waals surface area contributed by atoms with Gasteiger partial charge in [0.2, 0.25) is 0 Å². The van der Waals surface area contributed by atoms with Crippen molar-refractivity contribution in [1.29, 1.82) is 0 Å². The average molecular weight is 449 g/mol. The fourth-order valence-corrected chi connectivity index (χ4v) is 4.88. The van der Waals surface area contributed by atoms with Crippen LogP contribution in [0, 0.1) is 6.92 Å². The number of carbonyl (C=O) groups is 1. The Balaban J connectivity index is 1.81. The molecule has 0 radical (unpaired) electrons. The lowest BCUT2D eigenvalue weighted by atomic mass is 10.0. The smallest absolute Gasteiger partial charge is 0.264 e. The third-order valence-electron chi connectivity index (χ3n) is 5.24. The van der Waals surface area contributed by atoms with Crippen molar-refractivity contribution < 1.29 is 13.2 Å².